The number of hydrogen-bond donors (Lipinski definition) is 2. The SMILES string of the molecule is Cn1cc(-c2ccc3cnc(NC(=O)c4ccc(F)c(S(=O)(=O)N5CCC(NC6CC6)CC5)c4)cc3c2)cn1. The van der Waals surface area contributed by atoms with Crippen molar-refractivity contribution in [3.8, 4) is 11.1 Å². The van der Waals surface area contributed by atoms with Crippen LogP contribution >= 0.6 is 0 Å². The third kappa shape index (κ3) is 5.42. The van der Waals surface area contributed by atoms with Gasteiger partial charge in [0.25, 0.3) is 5.91 Å². The number of rotatable bonds is 7. The Morgan fingerprint density at radius 2 is 1.72 bits per heavy atom. The van der Waals surface area contributed by atoms with Gasteiger partial charge < -0.3 is 10.6 Å². The number of fused-ring (bicyclic) bond motifs is 1. The van der Waals surface area contributed by atoms with Gasteiger partial charge in [-0.2, -0.15) is 9.40 Å². The highest BCUT2D eigenvalue weighted by molar-refractivity contribution is 7.89. The highest BCUT2D eigenvalue weighted by Gasteiger charge is 2.33. The first-order valence-corrected chi connectivity index (χ1v) is 14.5. The van der Waals surface area contributed by atoms with Crippen molar-refractivity contribution in [3.63, 3.8) is 0 Å². The van der Waals surface area contributed by atoms with E-state index in [1.807, 2.05) is 31.4 Å². The van der Waals surface area contributed by atoms with Gasteiger partial charge in [0.1, 0.15) is 16.5 Å². The topological polar surface area (TPSA) is 109 Å². The smallest absolute Gasteiger partial charge is 0.256 e. The number of nitrogens with zero attached hydrogens (tertiary/aromatic N) is 4. The summed E-state index contributed by atoms with van der Waals surface area (Å²) in [4.78, 5) is 16.9. The number of pyridine rings is 1. The van der Waals surface area contributed by atoms with Crippen LogP contribution in [0.3, 0.4) is 0 Å². The molecule has 2 aromatic carbocycles. The van der Waals surface area contributed by atoms with Gasteiger partial charge in [-0.3, -0.25) is 9.48 Å². The fraction of sp³-hybridized carbons (Fsp3) is 0.321. The predicted octanol–water partition coefficient (Wildman–Crippen LogP) is 3.93. The van der Waals surface area contributed by atoms with E-state index in [2.05, 4.69) is 20.7 Å². The van der Waals surface area contributed by atoms with Gasteiger partial charge in [-0.1, -0.05) is 12.1 Å². The number of aromatic nitrogens is 3. The Balaban J connectivity index is 1.19. The summed E-state index contributed by atoms with van der Waals surface area (Å²) in [5.41, 5.74) is 1.97. The van der Waals surface area contributed by atoms with Crippen LogP contribution in [0.1, 0.15) is 36.0 Å². The summed E-state index contributed by atoms with van der Waals surface area (Å²) in [5, 5.41) is 12.2. The van der Waals surface area contributed by atoms with Gasteiger partial charge in [0.15, 0.2) is 0 Å². The highest BCUT2D eigenvalue weighted by Crippen LogP contribution is 2.28. The van der Waals surface area contributed by atoms with E-state index in [0.29, 0.717) is 37.8 Å². The number of piperidine rings is 1. The second-order valence-corrected chi connectivity index (χ2v) is 12.2. The molecule has 2 aromatic heterocycles. The minimum absolute atomic E-state index is 0.0336. The van der Waals surface area contributed by atoms with E-state index in [0.717, 1.165) is 34.0 Å². The molecular formula is C28H29FN6O3S. The van der Waals surface area contributed by atoms with Crippen LogP contribution in [0, 0.1) is 5.82 Å². The summed E-state index contributed by atoms with van der Waals surface area (Å²) in [6.07, 6.45) is 9.03. The zero-order valence-corrected chi connectivity index (χ0v) is 22.3. The average Bonchev–Trinajstić information content (AvgIpc) is 3.64. The van der Waals surface area contributed by atoms with E-state index in [4.69, 9.17) is 0 Å². The summed E-state index contributed by atoms with van der Waals surface area (Å²) >= 11 is 0. The monoisotopic (exact) mass is 548 g/mol. The molecule has 39 heavy (non-hydrogen) atoms. The molecule has 0 bridgehead atoms. The molecule has 2 fully saturated rings. The van der Waals surface area contributed by atoms with E-state index >= 15 is 0 Å². The molecule has 1 amide bonds. The minimum atomic E-state index is -4.09. The molecule has 9 nitrogen and oxygen atoms in total. The molecule has 0 radical (unpaired) electrons. The Morgan fingerprint density at radius 3 is 2.44 bits per heavy atom. The summed E-state index contributed by atoms with van der Waals surface area (Å²) in [7, 11) is -2.24. The van der Waals surface area contributed by atoms with Crippen LogP contribution < -0.4 is 10.6 Å². The maximum absolute atomic E-state index is 14.8. The third-order valence-corrected chi connectivity index (χ3v) is 9.23. The fourth-order valence-corrected chi connectivity index (χ4v) is 6.54. The van der Waals surface area contributed by atoms with Gasteiger partial charge in [0.2, 0.25) is 10.0 Å². The first-order chi connectivity index (χ1) is 18.8. The van der Waals surface area contributed by atoms with Crippen LogP contribution in [0.15, 0.2) is 66.0 Å². The van der Waals surface area contributed by atoms with Gasteiger partial charge in [-0.25, -0.2) is 17.8 Å². The van der Waals surface area contributed by atoms with Crippen molar-refractivity contribution in [3.05, 3.63) is 72.4 Å². The van der Waals surface area contributed by atoms with Gasteiger partial charge >= 0.3 is 0 Å². The van der Waals surface area contributed by atoms with Crippen LogP contribution in [0.4, 0.5) is 10.2 Å². The van der Waals surface area contributed by atoms with E-state index in [1.54, 1.807) is 23.1 Å². The molecule has 1 saturated heterocycles. The standard InChI is InChI=1S/C28H29FN6O3S/c1-34-17-22(16-31-34)18-2-3-20-15-30-27(14-21(20)12-18)33-28(36)19-4-7-25(29)26(13-19)39(37,38)35-10-8-24(9-11-35)32-23-5-6-23/h2-4,7,12-17,23-24,32H,5-6,8-11H2,1H3,(H,30,33,36). The lowest BCUT2D eigenvalue weighted by molar-refractivity contribution is 0.102. The Morgan fingerprint density at radius 1 is 0.949 bits per heavy atom. The molecule has 4 aromatic rings. The molecule has 202 valence electrons. The van der Waals surface area contributed by atoms with E-state index in [1.165, 1.54) is 23.2 Å². The highest BCUT2D eigenvalue weighted by atomic mass is 32.2. The largest absolute Gasteiger partial charge is 0.311 e. The van der Waals surface area contributed by atoms with E-state index in [-0.39, 0.29) is 11.6 Å². The number of carbonyl (C=O) groups is 1. The number of anilines is 1. The van der Waals surface area contributed by atoms with Crippen LogP contribution in [0.25, 0.3) is 21.9 Å². The number of nitrogens with one attached hydrogen (secondary N) is 2. The first kappa shape index (κ1) is 25.6. The fourth-order valence-electron chi connectivity index (χ4n) is 4.98. The molecule has 11 heteroatoms. The van der Waals surface area contributed by atoms with Crippen molar-refractivity contribution < 1.29 is 17.6 Å². The molecule has 1 aliphatic carbocycles. The molecule has 6 rings (SSSR count). The quantitative estimate of drug-likeness (QED) is 0.362. The molecule has 0 spiro atoms. The molecule has 1 aliphatic heterocycles. The minimum Gasteiger partial charge on any atom is -0.311 e. The summed E-state index contributed by atoms with van der Waals surface area (Å²) in [5.74, 6) is -1.15. The third-order valence-electron chi connectivity index (χ3n) is 7.32. The van der Waals surface area contributed by atoms with E-state index in [9.17, 15) is 17.6 Å². The number of amides is 1. The molecule has 0 unspecified atom stereocenters. The van der Waals surface area contributed by atoms with Crippen molar-refractivity contribution in [1.29, 1.82) is 0 Å². The van der Waals surface area contributed by atoms with Crippen molar-refractivity contribution >= 4 is 32.5 Å². The predicted molar refractivity (Wildman–Crippen MR) is 146 cm³/mol. The Bertz CT molecular complexity index is 1660. The zero-order valence-electron chi connectivity index (χ0n) is 21.5. The number of halogens is 1. The normalized spacial score (nSPS) is 17.0. The number of benzene rings is 2. The second kappa shape index (κ2) is 10.1. The summed E-state index contributed by atoms with van der Waals surface area (Å²) < 4.78 is 44.4. The van der Waals surface area contributed by atoms with Crippen LogP contribution in [-0.4, -0.2) is 58.6 Å². The number of hydrogen-bond acceptors (Lipinski definition) is 6. The maximum Gasteiger partial charge on any atom is 0.256 e. The lowest BCUT2D eigenvalue weighted by Crippen LogP contribution is -2.45. The van der Waals surface area contributed by atoms with Crippen molar-refractivity contribution in [1.82, 2.24) is 24.4 Å². The van der Waals surface area contributed by atoms with Crippen LogP contribution in [-0.2, 0) is 17.1 Å². The van der Waals surface area contributed by atoms with E-state index < -0.39 is 26.6 Å². The lowest BCUT2D eigenvalue weighted by Gasteiger charge is -2.32. The summed E-state index contributed by atoms with van der Waals surface area (Å²) in [6, 6.07) is 11.9. The zero-order chi connectivity index (χ0) is 27.1. The van der Waals surface area contributed by atoms with Crippen LogP contribution in [0.2, 0.25) is 0 Å². The Labute approximate surface area is 226 Å². The van der Waals surface area contributed by atoms with Gasteiger partial charge in [-0.15, -0.1) is 0 Å². The Hall–Kier alpha value is -3.67. The molecule has 0 atom stereocenters. The first-order valence-electron chi connectivity index (χ1n) is 13.0. The molecule has 2 N–H and O–H groups in total. The molecule has 2 aliphatic rings. The van der Waals surface area contributed by atoms with Gasteiger partial charge in [0.05, 0.1) is 6.20 Å². The number of aryl methyl sites for hydroxylation is 1. The molecule has 3 heterocycles. The average molecular weight is 549 g/mol. The van der Waals surface area contributed by atoms with Gasteiger partial charge in [0, 0.05) is 61.1 Å². The lowest BCUT2D eigenvalue weighted by atomic mass is 10.1. The number of sulfonamides is 1. The second-order valence-electron chi connectivity index (χ2n) is 10.3. The van der Waals surface area contributed by atoms with Crippen LogP contribution in [0.5, 0.6) is 0 Å². The van der Waals surface area contributed by atoms with Crippen molar-refractivity contribution in [2.45, 2.75) is 42.7 Å². The molecular weight excluding hydrogens is 519 g/mol. The van der Waals surface area contributed by atoms with Gasteiger partial charge in [-0.05, 0) is 67.0 Å². The summed E-state index contributed by atoms with van der Waals surface area (Å²) in [6.45, 7) is 0.620. The number of carbonyl (C=O) groups excluding carboxylic acids is 1. The molecule has 1 saturated carbocycles. The Kier molecular flexibility index (Phi) is 6.66. The van der Waals surface area contributed by atoms with Crippen molar-refractivity contribution in [2.75, 3.05) is 18.4 Å². The maximum atomic E-state index is 14.8. The van der Waals surface area contributed by atoms with Crippen molar-refractivity contribution in [2.24, 2.45) is 7.05 Å².